The topological polar surface area (TPSA) is 58.2 Å². The van der Waals surface area contributed by atoms with E-state index in [0.717, 1.165) is 5.56 Å². The molecule has 4 nitrogen and oxygen atoms in total. The van der Waals surface area contributed by atoms with Crippen molar-refractivity contribution in [3.8, 4) is 0 Å². The van der Waals surface area contributed by atoms with Gasteiger partial charge in [0.25, 0.3) is 5.91 Å². The van der Waals surface area contributed by atoms with Crippen LogP contribution in [-0.2, 0) is 4.79 Å². The summed E-state index contributed by atoms with van der Waals surface area (Å²) in [4.78, 5) is 25.0. The first-order valence-electron chi connectivity index (χ1n) is 7.91. The number of amides is 2. The molecule has 1 unspecified atom stereocenters. The number of hydrogen-bond acceptors (Lipinski definition) is 2. The summed E-state index contributed by atoms with van der Waals surface area (Å²) in [6.45, 7) is 5.62. The van der Waals surface area contributed by atoms with Crippen molar-refractivity contribution >= 4 is 40.7 Å². The number of rotatable bonds is 5. The number of benzene rings is 2. The molecular formula is C19H20Cl2N2O2. The van der Waals surface area contributed by atoms with Gasteiger partial charge in [-0.25, -0.2) is 0 Å². The molecule has 2 rings (SSSR count). The molecule has 2 aromatic carbocycles. The van der Waals surface area contributed by atoms with E-state index in [1.54, 1.807) is 36.4 Å². The molecule has 2 amide bonds. The Kier molecular flexibility index (Phi) is 6.45. The van der Waals surface area contributed by atoms with Crippen LogP contribution < -0.4 is 10.6 Å². The Hall–Kier alpha value is -2.04. The lowest BCUT2D eigenvalue weighted by atomic mass is 10.0. The maximum absolute atomic E-state index is 12.6. The molecule has 0 saturated carbocycles. The molecule has 2 N–H and O–H groups in total. The minimum absolute atomic E-state index is 0.0873. The molecule has 1 atom stereocenters. The van der Waals surface area contributed by atoms with Crippen LogP contribution in [0.5, 0.6) is 0 Å². The molecule has 2 aromatic rings. The number of hydrogen-bond donors (Lipinski definition) is 2. The SMILES string of the molecule is Cc1ccc(Cl)cc1NC(=O)C(NC(=O)c1ccc(Cl)cc1)C(C)C. The van der Waals surface area contributed by atoms with Gasteiger partial charge in [-0.15, -0.1) is 0 Å². The van der Waals surface area contributed by atoms with Gasteiger partial charge in [-0.2, -0.15) is 0 Å². The zero-order chi connectivity index (χ0) is 18.6. The first-order valence-corrected chi connectivity index (χ1v) is 8.67. The summed E-state index contributed by atoms with van der Waals surface area (Å²) in [6.07, 6.45) is 0. The second kappa shape index (κ2) is 8.37. The van der Waals surface area contributed by atoms with Gasteiger partial charge < -0.3 is 10.6 Å². The van der Waals surface area contributed by atoms with Gasteiger partial charge in [-0.3, -0.25) is 9.59 Å². The summed E-state index contributed by atoms with van der Waals surface area (Å²) in [7, 11) is 0. The van der Waals surface area contributed by atoms with Gasteiger partial charge in [-0.1, -0.05) is 43.1 Å². The molecular weight excluding hydrogens is 359 g/mol. The molecule has 132 valence electrons. The van der Waals surface area contributed by atoms with E-state index >= 15 is 0 Å². The van der Waals surface area contributed by atoms with Gasteiger partial charge in [0.2, 0.25) is 5.91 Å². The minimum atomic E-state index is -0.679. The zero-order valence-corrected chi connectivity index (χ0v) is 15.8. The smallest absolute Gasteiger partial charge is 0.251 e. The largest absolute Gasteiger partial charge is 0.340 e. The summed E-state index contributed by atoms with van der Waals surface area (Å²) in [6, 6.07) is 11.1. The Bertz CT molecular complexity index is 773. The number of carbonyl (C=O) groups is 2. The highest BCUT2D eigenvalue weighted by molar-refractivity contribution is 6.31. The molecule has 6 heteroatoms. The van der Waals surface area contributed by atoms with Crippen LogP contribution in [-0.4, -0.2) is 17.9 Å². The first kappa shape index (κ1) is 19.3. The van der Waals surface area contributed by atoms with Gasteiger partial charge in [0, 0.05) is 21.3 Å². The fraction of sp³-hybridized carbons (Fsp3) is 0.263. The lowest BCUT2D eigenvalue weighted by Gasteiger charge is -2.22. The molecule has 0 saturated heterocycles. The second-order valence-electron chi connectivity index (χ2n) is 6.15. The highest BCUT2D eigenvalue weighted by Crippen LogP contribution is 2.21. The number of nitrogens with one attached hydrogen (secondary N) is 2. The van der Waals surface area contributed by atoms with Crippen LogP contribution in [0.2, 0.25) is 10.0 Å². The molecule has 0 aromatic heterocycles. The summed E-state index contributed by atoms with van der Waals surface area (Å²) in [5.74, 6) is -0.702. The fourth-order valence-electron chi connectivity index (χ4n) is 2.30. The summed E-state index contributed by atoms with van der Waals surface area (Å²) in [5, 5.41) is 6.70. The molecule has 25 heavy (non-hydrogen) atoms. The maximum atomic E-state index is 12.6. The van der Waals surface area contributed by atoms with E-state index in [4.69, 9.17) is 23.2 Å². The van der Waals surface area contributed by atoms with E-state index in [2.05, 4.69) is 10.6 Å². The van der Waals surface area contributed by atoms with Gasteiger partial charge in [0.05, 0.1) is 0 Å². The molecule has 0 radical (unpaired) electrons. The highest BCUT2D eigenvalue weighted by Gasteiger charge is 2.25. The number of aryl methyl sites for hydroxylation is 1. The van der Waals surface area contributed by atoms with Crippen LogP contribution in [0, 0.1) is 12.8 Å². The van der Waals surface area contributed by atoms with Crippen LogP contribution in [0.15, 0.2) is 42.5 Å². The number of anilines is 1. The van der Waals surface area contributed by atoms with Crippen molar-refractivity contribution in [1.82, 2.24) is 5.32 Å². The standard InChI is InChI=1S/C19H20Cl2N2O2/c1-11(2)17(23-18(24)13-5-8-14(20)9-6-13)19(25)22-16-10-15(21)7-4-12(16)3/h4-11,17H,1-3H3,(H,22,25)(H,23,24). The fourth-order valence-corrected chi connectivity index (χ4v) is 2.60. The number of halogens is 2. The van der Waals surface area contributed by atoms with Crippen LogP contribution >= 0.6 is 23.2 Å². The van der Waals surface area contributed by atoms with Crippen molar-refractivity contribution in [3.63, 3.8) is 0 Å². The van der Waals surface area contributed by atoms with Crippen LogP contribution in [0.4, 0.5) is 5.69 Å². The van der Waals surface area contributed by atoms with E-state index in [1.165, 1.54) is 0 Å². The van der Waals surface area contributed by atoms with E-state index in [9.17, 15) is 9.59 Å². The summed E-state index contributed by atoms with van der Waals surface area (Å²) < 4.78 is 0. The van der Waals surface area contributed by atoms with Gasteiger partial charge in [-0.05, 0) is 54.8 Å². The minimum Gasteiger partial charge on any atom is -0.340 e. The summed E-state index contributed by atoms with van der Waals surface area (Å²) in [5.41, 5.74) is 1.97. The van der Waals surface area contributed by atoms with Crippen molar-refractivity contribution in [2.45, 2.75) is 26.8 Å². The first-order chi connectivity index (χ1) is 11.8. The Morgan fingerprint density at radius 3 is 2.16 bits per heavy atom. The highest BCUT2D eigenvalue weighted by atomic mass is 35.5. The van der Waals surface area contributed by atoms with Crippen molar-refractivity contribution < 1.29 is 9.59 Å². The molecule has 0 bridgehead atoms. The molecule has 0 fully saturated rings. The van der Waals surface area contributed by atoms with Crippen LogP contribution in [0.1, 0.15) is 29.8 Å². The Morgan fingerprint density at radius 1 is 0.960 bits per heavy atom. The van der Waals surface area contributed by atoms with E-state index in [1.807, 2.05) is 26.8 Å². The average molecular weight is 379 g/mol. The molecule has 0 spiro atoms. The van der Waals surface area contributed by atoms with E-state index in [-0.39, 0.29) is 17.7 Å². The van der Waals surface area contributed by atoms with E-state index < -0.39 is 6.04 Å². The molecule has 0 aliphatic rings. The lowest BCUT2D eigenvalue weighted by Crippen LogP contribution is -2.47. The lowest BCUT2D eigenvalue weighted by molar-refractivity contribution is -0.118. The predicted octanol–water partition coefficient (Wildman–Crippen LogP) is 4.69. The van der Waals surface area contributed by atoms with Crippen LogP contribution in [0.3, 0.4) is 0 Å². The quantitative estimate of drug-likeness (QED) is 0.792. The van der Waals surface area contributed by atoms with Crippen LogP contribution in [0.25, 0.3) is 0 Å². The Labute approximate surface area is 157 Å². The third kappa shape index (κ3) is 5.21. The normalized spacial score (nSPS) is 11.9. The monoisotopic (exact) mass is 378 g/mol. The average Bonchev–Trinajstić information content (AvgIpc) is 2.56. The number of carbonyl (C=O) groups excluding carboxylic acids is 2. The molecule has 0 aliphatic carbocycles. The van der Waals surface area contributed by atoms with Gasteiger partial charge >= 0.3 is 0 Å². The molecule has 0 heterocycles. The Morgan fingerprint density at radius 2 is 1.56 bits per heavy atom. The predicted molar refractivity (Wildman–Crippen MR) is 102 cm³/mol. The zero-order valence-electron chi connectivity index (χ0n) is 14.3. The molecule has 0 aliphatic heterocycles. The van der Waals surface area contributed by atoms with E-state index in [0.29, 0.717) is 21.3 Å². The van der Waals surface area contributed by atoms with Crippen molar-refractivity contribution in [3.05, 3.63) is 63.6 Å². The van der Waals surface area contributed by atoms with Gasteiger partial charge in [0.1, 0.15) is 6.04 Å². The van der Waals surface area contributed by atoms with Crippen molar-refractivity contribution in [1.29, 1.82) is 0 Å². The second-order valence-corrected chi connectivity index (χ2v) is 7.02. The van der Waals surface area contributed by atoms with Crippen molar-refractivity contribution in [2.75, 3.05) is 5.32 Å². The third-order valence-corrected chi connectivity index (χ3v) is 4.29. The van der Waals surface area contributed by atoms with Crippen molar-refractivity contribution in [2.24, 2.45) is 5.92 Å². The van der Waals surface area contributed by atoms with Gasteiger partial charge in [0.15, 0.2) is 0 Å². The summed E-state index contributed by atoms with van der Waals surface area (Å²) >= 11 is 11.8. The maximum Gasteiger partial charge on any atom is 0.251 e. The third-order valence-electron chi connectivity index (χ3n) is 3.80. The Balaban J connectivity index is 2.14.